The van der Waals surface area contributed by atoms with E-state index < -0.39 is 10.8 Å². The number of nitrogens with one attached hydrogen (secondary N) is 1. The van der Waals surface area contributed by atoms with Crippen LogP contribution in [0.1, 0.15) is 31.8 Å². The summed E-state index contributed by atoms with van der Waals surface area (Å²) in [5, 5.41) is 4.14. The van der Waals surface area contributed by atoms with Crippen LogP contribution in [0.2, 0.25) is 10.0 Å². The molecule has 1 aliphatic rings. The lowest BCUT2D eigenvalue weighted by atomic mass is 10.1. The maximum atomic E-state index is 13.7. The van der Waals surface area contributed by atoms with Crippen molar-refractivity contribution in [2.75, 3.05) is 11.4 Å². The second kappa shape index (κ2) is 10.9. The quantitative estimate of drug-likeness (QED) is 0.307. The predicted molar refractivity (Wildman–Crippen MR) is 147 cm³/mol. The number of hydrogen-bond donors (Lipinski definition) is 1. The van der Waals surface area contributed by atoms with Crippen molar-refractivity contribution in [3.63, 3.8) is 0 Å². The molecule has 4 aromatic carbocycles. The average molecular weight is 549 g/mol. The summed E-state index contributed by atoms with van der Waals surface area (Å²) < 4.78 is 13.6. The van der Waals surface area contributed by atoms with E-state index in [-0.39, 0.29) is 18.4 Å². The van der Waals surface area contributed by atoms with Crippen LogP contribution in [0.3, 0.4) is 0 Å². The Morgan fingerprint density at radius 2 is 1.59 bits per heavy atom. The highest BCUT2D eigenvalue weighted by Gasteiger charge is 2.31. The number of carbonyl (C=O) groups is 2. The van der Waals surface area contributed by atoms with E-state index >= 15 is 0 Å². The van der Waals surface area contributed by atoms with Crippen molar-refractivity contribution in [1.82, 2.24) is 5.32 Å². The third-order valence-electron chi connectivity index (χ3n) is 6.12. The lowest BCUT2D eigenvalue weighted by Crippen LogP contribution is -2.31. The number of fused-ring (bicyclic) bond motifs is 2. The lowest BCUT2D eigenvalue weighted by Gasteiger charge is -2.24. The molecule has 0 spiro atoms. The Kier molecular flexibility index (Phi) is 7.42. The van der Waals surface area contributed by atoms with Gasteiger partial charge in [0.05, 0.1) is 38.4 Å². The molecule has 5 nitrogen and oxygen atoms in total. The SMILES string of the molecule is O=C(NCCc1ccc(Cl)cc1)c1ccc2c(c1)N(Cc1cccc(Cl)c1)C(=O)c1ccccc1[S@]2=O. The van der Waals surface area contributed by atoms with Gasteiger partial charge in [-0.25, -0.2) is 4.21 Å². The van der Waals surface area contributed by atoms with Crippen LogP contribution in [0.15, 0.2) is 101 Å². The number of anilines is 1. The Labute approximate surface area is 227 Å². The standard InChI is InChI=1S/C29H22Cl2N2O3S/c30-22-11-8-19(9-12-22)14-15-32-28(34)21-10-13-27-25(17-21)33(18-20-4-3-5-23(31)16-20)29(35)24-6-1-2-7-26(24)37(27)36/h1-13,16-17H,14-15,18H2,(H,32,34)/t37-/m1/s1. The van der Waals surface area contributed by atoms with Crippen LogP contribution in [0.5, 0.6) is 0 Å². The van der Waals surface area contributed by atoms with E-state index in [9.17, 15) is 13.8 Å². The summed E-state index contributed by atoms with van der Waals surface area (Å²) in [6.07, 6.45) is 0.645. The van der Waals surface area contributed by atoms with Gasteiger partial charge in [-0.2, -0.15) is 0 Å². The van der Waals surface area contributed by atoms with Gasteiger partial charge >= 0.3 is 0 Å². The largest absolute Gasteiger partial charge is 0.352 e. The van der Waals surface area contributed by atoms with Gasteiger partial charge in [-0.15, -0.1) is 0 Å². The Morgan fingerprint density at radius 3 is 2.38 bits per heavy atom. The Morgan fingerprint density at radius 1 is 0.811 bits per heavy atom. The molecule has 2 amide bonds. The topological polar surface area (TPSA) is 66.5 Å². The van der Waals surface area contributed by atoms with Crippen molar-refractivity contribution in [2.45, 2.75) is 22.8 Å². The predicted octanol–water partition coefficient (Wildman–Crippen LogP) is 6.29. The second-order valence-electron chi connectivity index (χ2n) is 8.60. The third kappa shape index (κ3) is 5.47. The van der Waals surface area contributed by atoms with Gasteiger partial charge in [0, 0.05) is 22.2 Å². The summed E-state index contributed by atoms with van der Waals surface area (Å²) in [7, 11) is -1.60. The summed E-state index contributed by atoms with van der Waals surface area (Å²) >= 11 is 12.1. The molecule has 0 unspecified atom stereocenters. The first-order valence-corrected chi connectivity index (χ1v) is 13.5. The van der Waals surface area contributed by atoms with E-state index in [0.717, 1.165) is 11.1 Å². The molecule has 1 heterocycles. The van der Waals surface area contributed by atoms with Crippen LogP contribution in [-0.2, 0) is 23.8 Å². The Bertz CT molecular complexity index is 1520. The maximum absolute atomic E-state index is 13.7. The van der Waals surface area contributed by atoms with Crippen LogP contribution >= 0.6 is 23.2 Å². The van der Waals surface area contributed by atoms with Crippen LogP contribution < -0.4 is 10.2 Å². The molecule has 8 heteroatoms. The molecule has 0 saturated carbocycles. The Balaban J connectivity index is 1.47. The zero-order valence-electron chi connectivity index (χ0n) is 19.6. The molecule has 0 fully saturated rings. The summed E-state index contributed by atoms with van der Waals surface area (Å²) in [6.45, 7) is 0.639. The number of benzene rings is 4. The van der Waals surface area contributed by atoms with Gasteiger partial charge in [-0.05, 0) is 72.1 Å². The highest BCUT2D eigenvalue weighted by molar-refractivity contribution is 7.85. The third-order valence-corrected chi connectivity index (χ3v) is 8.10. The van der Waals surface area contributed by atoms with Gasteiger partial charge in [0.25, 0.3) is 11.8 Å². The molecular formula is C29H22Cl2N2O3S. The first-order chi connectivity index (χ1) is 17.9. The van der Waals surface area contributed by atoms with Crippen molar-refractivity contribution in [1.29, 1.82) is 0 Å². The van der Waals surface area contributed by atoms with Gasteiger partial charge in [-0.3, -0.25) is 9.59 Å². The first kappa shape index (κ1) is 25.2. The number of carbonyl (C=O) groups excluding carboxylic acids is 2. The van der Waals surface area contributed by atoms with Crippen molar-refractivity contribution in [3.05, 3.63) is 123 Å². The fourth-order valence-corrected chi connectivity index (χ4v) is 5.94. The number of halogens is 2. The smallest absolute Gasteiger partial charge is 0.259 e. The minimum absolute atomic E-state index is 0.208. The molecule has 186 valence electrons. The molecule has 0 saturated heterocycles. The number of hydrogen-bond acceptors (Lipinski definition) is 3. The molecule has 1 N–H and O–H groups in total. The summed E-state index contributed by atoms with van der Waals surface area (Å²) in [4.78, 5) is 29.2. The van der Waals surface area contributed by atoms with Crippen LogP contribution in [-0.4, -0.2) is 22.6 Å². The second-order valence-corrected chi connectivity index (χ2v) is 10.9. The highest BCUT2D eigenvalue weighted by Crippen LogP contribution is 2.36. The number of rotatable bonds is 6. The average Bonchev–Trinajstić information content (AvgIpc) is 2.99. The van der Waals surface area contributed by atoms with E-state index in [2.05, 4.69) is 5.32 Å². The van der Waals surface area contributed by atoms with E-state index in [1.54, 1.807) is 59.5 Å². The molecule has 0 aliphatic carbocycles. The van der Waals surface area contributed by atoms with E-state index in [4.69, 9.17) is 23.2 Å². The zero-order chi connectivity index (χ0) is 25.9. The van der Waals surface area contributed by atoms with Crippen molar-refractivity contribution in [3.8, 4) is 0 Å². The molecule has 1 atom stereocenters. The minimum Gasteiger partial charge on any atom is -0.352 e. The molecule has 0 aromatic heterocycles. The summed E-state index contributed by atoms with van der Waals surface area (Å²) in [6, 6.07) is 26.6. The lowest BCUT2D eigenvalue weighted by molar-refractivity contribution is 0.0950. The normalized spacial score (nSPS) is 14.5. The zero-order valence-corrected chi connectivity index (χ0v) is 21.9. The van der Waals surface area contributed by atoms with Gasteiger partial charge in [-0.1, -0.05) is 59.6 Å². The number of amides is 2. The molecule has 37 heavy (non-hydrogen) atoms. The van der Waals surface area contributed by atoms with Gasteiger partial charge in [0.1, 0.15) is 0 Å². The first-order valence-electron chi connectivity index (χ1n) is 11.6. The van der Waals surface area contributed by atoms with E-state index in [0.29, 0.717) is 49.6 Å². The molecule has 1 aliphatic heterocycles. The molecule has 0 bridgehead atoms. The van der Waals surface area contributed by atoms with Crippen molar-refractivity contribution in [2.24, 2.45) is 0 Å². The fraction of sp³-hybridized carbons (Fsp3) is 0.103. The van der Waals surface area contributed by atoms with Gasteiger partial charge in [0.15, 0.2) is 0 Å². The molecule has 0 radical (unpaired) electrons. The molecule has 5 rings (SSSR count). The monoisotopic (exact) mass is 548 g/mol. The molecule has 4 aromatic rings. The summed E-state index contributed by atoms with van der Waals surface area (Å²) in [5.74, 6) is -0.567. The maximum Gasteiger partial charge on any atom is 0.259 e. The van der Waals surface area contributed by atoms with Gasteiger partial charge < -0.3 is 10.2 Å². The minimum atomic E-state index is -1.60. The Hall–Kier alpha value is -3.45. The highest BCUT2D eigenvalue weighted by atomic mass is 35.5. The number of nitrogens with zero attached hydrogens (tertiary/aromatic N) is 1. The van der Waals surface area contributed by atoms with E-state index in [1.807, 2.05) is 36.4 Å². The molecular weight excluding hydrogens is 527 g/mol. The van der Waals surface area contributed by atoms with Crippen LogP contribution in [0.4, 0.5) is 5.69 Å². The van der Waals surface area contributed by atoms with E-state index in [1.165, 1.54) is 0 Å². The van der Waals surface area contributed by atoms with Crippen molar-refractivity contribution < 1.29 is 13.8 Å². The van der Waals surface area contributed by atoms with Gasteiger partial charge in [0.2, 0.25) is 0 Å². The van der Waals surface area contributed by atoms with Crippen LogP contribution in [0.25, 0.3) is 0 Å². The van der Waals surface area contributed by atoms with Crippen LogP contribution in [0, 0.1) is 0 Å². The van der Waals surface area contributed by atoms with Crippen molar-refractivity contribution >= 4 is 51.5 Å². The summed E-state index contributed by atoms with van der Waals surface area (Å²) in [5.41, 5.74) is 3.05. The fourth-order valence-electron chi connectivity index (χ4n) is 4.25.